The zero-order valence-electron chi connectivity index (χ0n) is 11.6. The first-order chi connectivity index (χ1) is 9.02. The molecule has 1 aromatic carbocycles. The number of aryl methyl sites for hydroxylation is 1. The smallest absolute Gasteiger partial charge is 0.256 e. The first kappa shape index (κ1) is 13.8. The highest BCUT2D eigenvalue weighted by atomic mass is 19.1. The fourth-order valence-electron chi connectivity index (χ4n) is 2.28. The summed E-state index contributed by atoms with van der Waals surface area (Å²) in [6, 6.07) is 3.00. The molecule has 1 fully saturated rings. The van der Waals surface area contributed by atoms with Crippen molar-refractivity contribution in [1.29, 1.82) is 0 Å². The zero-order chi connectivity index (χ0) is 14.0. The SMILES string of the molecule is CCCN(CC1CC1)C(=O)c1cc(N)cc(C)c1F. The van der Waals surface area contributed by atoms with Gasteiger partial charge in [-0.05, 0) is 49.8 Å². The van der Waals surface area contributed by atoms with E-state index in [2.05, 4.69) is 0 Å². The Morgan fingerprint density at radius 3 is 2.74 bits per heavy atom. The van der Waals surface area contributed by atoms with Gasteiger partial charge in [0.15, 0.2) is 0 Å². The van der Waals surface area contributed by atoms with Crippen molar-refractivity contribution in [2.24, 2.45) is 5.92 Å². The highest BCUT2D eigenvalue weighted by Gasteiger charge is 2.28. The molecule has 1 aromatic rings. The van der Waals surface area contributed by atoms with Gasteiger partial charge in [0.1, 0.15) is 5.82 Å². The van der Waals surface area contributed by atoms with Crippen molar-refractivity contribution in [1.82, 2.24) is 4.90 Å². The zero-order valence-corrected chi connectivity index (χ0v) is 11.6. The molecule has 1 aliphatic carbocycles. The van der Waals surface area contributed by atoms with E-state index in [1.165, 1.54) is 18.9 Å². The van der Waals surface area contributed by atoms with E-state index >= 15 is 0 Å². The molecule has 0 spiro atoms. The first-order valence-corrected chi connectivity index (χ1v) is 6.87. The lowest BCUT2D eigenvalue weighted by molar-refractivity contribution is 0.0743. The predicted octanol–water partition coefficient (Wildman–Crippen LogP) is 2.98. The molecule has 2 rings (SSSR count). The van der Waals surface area contributed by atoms with E-state index in [1.807, 2.05) is 6.92 Å². The average Bonchev–Trinajstić information content (AvgIpc) is 3.16. The molecule has 0 atom stereocenters. The van der Waals surface area contributed by atoms with Crippen molar-refractivity contribution in [3.05, 3.63) is 29.1 Å². The molecule has 4 heteroatoms. The summed E-state index contributed by atoms with van der Waals surface area (Å²) >= 11 is 0. The molecule has 104 valence electrons. The lowest BCUT2D eigenvalue weighted by atomic mass is 10.1. The fourth-order valence-corrected chi connectivity index (χ4v) is 2.28. The highest BCUT2D eigenvalue weighted by molar-refractivity contribution is 5.95. The molecule has 1 aliphatic rings. The van der Waals surface area contributed by atoms with Gasteiger partial charge in [0.05, 0.1) is 5.56 Å². The molecule has 2 N–H and O–H groups in total. The summed E-state index contributed by atoms with van der Waals surface area (Å²) < 4.78 is 14.1. The number of nitrogen functional groups attached to an aromatic ring is 1. The number of rotatable bonds is 5. The number of halogens is 1. The van der Waals surface area contributed by atoms with E-state index in [9.17, 15) is 9.18 Å². The molecule has 0 aliphatic heterocycles. The van der Waals surface area contributed by atoms with E-state index < -0.39 is 5.82 Å². The van der Waals surface area contributed by atoms with Crippen LogP contribution in [0.1, 0.15) is 42.1 Å². The van der Waals surface area contributed by atoms with Gasteiger partial charge in [0.2, 0.25) is 0 Å². The predicted molar refractivity (Wildman–Crippen MR) is 74.5 cm³/mol. The van der Waals surface area contributed by atoms with Gasteiger partial charge >= 0.3 is 0 Å². The van der Waals surface area contributed by atoms with Gasteiger partial charge in [-0.25, -0.2) is 4.39 Å². The molecule has 0 heterocycles. The van der Waals surface area contributed by atoms with Crippen LogP contribution in [-0.4, -0.2) is 23.9 Å². The van der Waals surface area contributed by atoms with Crippen LogP contribution in [0.2, 0.25) is 0 Å². The Morgan fingerprint density at radius 2 is 2.16 bits per heavy atom. The third-order valence-electron chi connectivity index (χ3n) is 3.46. The normalized spacial score (nSPS) is 14.5. The van der Waals surface area contributed by atoms with Crippen LogP contribution in [0.4, 0.5) is 10.1 Å². The van der Waals surface area contributed by atoms with Gasteiger partial charge in [-0.3, -0.25) is 4.79 Å². The number of carbonyl (C=O) groups is 1. The van der Waals surface area contributed by atoms with Crippen LogP contribution in [0.3, 0.4) is 0 Å². The summed E-state index contributed by atoms with van der Waals surface area (Å²) in [5.41, 5.74) is 6.68. The second kappa shape index (κ2) is 5.59. The maximum atomic E-state index is 14.1. The van der Waals surface area contributed by atoms with Crippen molar-refractivity contribution in [2.45, 2.75) is 33.1 Å². The van der Waals surface area contributed by atoms with Crippen LogP contribution in [0, 0.1) is 18.7 Å². The quantitative estimate of drug-likeness (QED) is 0.831. The lowest BCUT2D eigenvalue weighted by Crippen LogP contribution is -2.34. The fraction of sp³-hybridized carbons (Fsp3) is 0.533. The Balaban J connectivity index is 2.24. The van der Waals surface area contributed by atoms with Crippen molar-refractivity contribution in [2.75, 3.05) is 18.8 Å². The number of hydrogen-bond donors (Lipinski definition) is 1. The van der Waals surface area contributed by atoms with Crippen molar-refractivity contribution in [3.8, 4) is 0 Å². The van der Waals surface area contributed by atoms with E-state index in [0.717, 1.165) is 13.0 Å². The molecule has 0 bridgehead atoms. The van der Waals surface area contributed by atoms with Gasteiger partial charge in [0.25, 0.3) is 5.91 Å². The third-order valence-corrected chi connectivity index (χ3v) is 3.46. The summed E-state index contributed by atoms with van der Waals surface area (Å²) in [7, 11) is 0. The van der Waals surface area contributed by atoms with Crippen LogP contribution in [0.15, 0.2) is 12.1 Å². The minimum atomic E-state index is -0.448. The number of nitrogens with zero attached hydrogens (tertiary/aromatic N) is 1. The van der Waals surface area contributed by atoms with Gasteiger partial charge < -0.3 is 10.6 Å². The summed E-state index contributed by atoms with van der Waals surface area (Å²) in [6.45, 7) is 5.06. The van der Waals surface area contributed by atoms with Crippen LogP contribution in [0.25, 0.3) is 0 Å². The second-order valence-electron chi connectivity index (χ2n) is 5.39. The van der Waals surface area contributed by atoms with Crippen LogP contribution in [-0.2, 0) is 0 Å². The number of amides is 1. The maximum Gasteiger partial charge on any atom is 0.256 e. The third kappa shape index (κ3) is 3.25. The monoisotopic (exact) mass is 264 g/mol. The molecule has 0 aromatic heterocycles. The van der Waals surface area contributed by atoms with Crippen molar-refractivity contribution in [3.63, 3.8) is 0 Å². The molecule has 0 unspecified atom stereocenters. The Morgan fingerprint density at radius 1 is 1.47 bits per heavy atom. The summed E-state index contributed by atoms with van der Waals surface area (Å²) in [6.07, 6.45) is 3.22. The van der Waals surface area contributed by atoms with Gasteiger partial charge in [-0.2, -0.15) is 0 Å². The number of carbonyl (C=O) groups excluding carboxylic acids is 1. The Bertz CT molecular complexity index is 483. The number of nitrogens with two attached hydrogens (primary N) is 1. The topological polar surface area (TPSA) is 46.3 Å². The van der Waals surface area contributed by atoms with Gasteiger partial charge in [-0.15, -0.1) is 0 Å². The van der Waals surface area contributed by atoms with Crippen molar-refractivity contribution >= 4 is 11.6 Å². The van der Waals surface area contributed by atoms with E-state index in [4.69, 9.17) is 5.73 Å². The molecule has 0 radical (unpaired) electrons. The number of benzene rings is 1. The van der Waals surface area contributed by atoms with E-state index in [-0.39, 0.29) is 11.5 Å². The molecule has 19 heavy (non-hydrogen) atoms. The number of anilines is 1. The summed E-state index contributed by atoms with van der Waals surface area (Å²) in [4.78, 5) is 14.2. The van der Waals surface area contributed by atoms with Gasteiger partial charge in [-0.1, -0.05) is 6.92 Å². The highest BCUT2D eigenvalue weighted by Crippen LogP contribution is 2.30. The van der Waals surface area contributed by atoms with Crippen molar-refractivity contribution < 1.29 is 9.18 Å². The largest absolute Gasteiger partial charge is 0.399 e. The average molecular weight is 264 g/mol. The molecule has 1 saturated carbocycles. The first-order valence-electron chi connectivity index (χ1n) is 6.87. The molecule has 0 saturated heterocycles. The van der Waals surface area contributed by atoms with E-state index in [1.54, 1.807) is 17.9 Å². The maximum absolute atomic E-state index is 14.1. The lowest BCUT2D eigenvalue weighted by Gasteiger charge is -2.22. The summed E-state index contributed by atoms with van der Waals surface area (Å²) in [5.74, 6) is -0.0848. The minimum Gasteiger partial charge on any atom is -0.399 e. The Labute approximate surface area is 113 Å². The molecule has 1 amide bonds. The van der Waals surface area contributed by atoms with Crippen LogP contribution >= 0.6 is 0 Å². The Hall–Kier alpha value is -1.58. The summed E-state index contributed by atoms with van der Waals surface area (Å²) in [5, 5.41) is 0. The Kier molecular flexibility index (Phi) is 4.08. The number of hydrogen-bond acceptors (Lipinski definition) is 2. The molecular formula is C15H21FN2O. The molecular weight excluding hydrogens is 243 g/mol. The van der Waals surface area contributed by atoms with Crippen LogP contribution in [0.5, 0.6) is 0 Å². The second-order valence-corrected chi connectivity index (χ2v) is 5.39. The molecule has 3 nitrogen and oxygen atoms in total. The van der Waals surface area contributed by atoms with Crippen LogP contribution < -0.4 is 5.73 Å². The van der Waals surface area contributed by atoms with E-state index in [0.29, 0.717) is 23.7 Å². The standard InChI is InChI=1S/C15H21FN2O/c1-3-6-18(9-11-4-5-11)15(19)13-8-12(17)7-10(2)14(13)16/h7-8,11H,3-6,9,17H2,1-2H3. The van der Waals surface area contributed by atoms with Gasteiger partial charge in [0, 0.05) is 18.8 Å². The minimum absolute atomic E-state index is 0.103.